The predicted octanol–water partition coefficient (Wildman–Crippen LogP) is 1.00. The SMILES string of the molecule is COC(=O)c1nc2n(n1)C(c1ccc(F)cn1)CCN2. The van der Waals surface area contributed by atoms with Crippen molar-refractivity contribution in [1.82, 2.24) is 19.7 Å². The summed E-state index contributed by atoms with van der Waals surface area (Å²) in [6.45, 7) is 0.670. The van der Waals surface area contributed by atoms with E-state index in [2.05, 4.69) is 25.1 Å². The second-order valence-corrected chi connectivity index (χ2v) is 4.33. The number of aromatic nitrogens is 4. The van der Waals surface area contributed by atoms with Crippen molar-refractivity contribution >= 4 is 11.9 Å². The standard InChI is InChI=1S/C12H12FN5O2/c1-20-11(19)10-16-12-14-5-4-9(18(12)17-10)8-3-2-7(13)6-15-8/h2-3,6,9H,4-5H2,1H3,(H,14,16,17). The van der Waals surface area contributed by atoms with Gasteiger partial charge in [-0.2, -0.15) is 4.98 Å². The van der Waals surface area contributed by atoms with E-state index in [0.29, 0.717) is 18.2 Å². The van der Waals surface area contributed by atoms with E-state index < -0.39 is 11.8 Å². The molecule has 1 unspecified atom stereocenters. The monoisotopic (exact) mass is 277 g/mol. The number of fused-ring (bicyclic) bond motifs is 1. The highest BCUT2D eigenvalue weighted by atomic mass is 19.1. The Bertz CT molecular complexity index is 640. The summed E-state index contributed by atoms with van der Waals surface area (Å²) < 4.78 is 19.1. The van der Waals surface area contributed by atoms with Gasteiger partial charge in [0.25, 0.3) is 5.82 Å². The fourth-order valence-corrected chi connectivity index (χ4v) is 2.14. The van der Waals surface area contributed by atoms with Crippen molar-refractivity contribution in [3.63, 3.8) is 0 Å². The van der Waals surface area contributed by atoms with Gasteiger partial charge in [0, 0.05) is 6.54 Å². The molecule has 8 heteroatoms. The van der Waals surface area contributed by atoms with Crippen molar-refractivity contribution in [2.45, 2.75) is 12.5 Å². The highest BCUT2D eigenvalue weighted by Gasteiger charge is 2.27. The average molecular weight is 277 g/mol. The number of pyridine rings is 1. The Balaban J connectivity index is 1.99. The number of hydrogen-bond donors (Lipinski definition) is 1. The molecule has 0 bridgehead atoms. The Labute approximate surface area is 113 Å². The Kier molecular flexibility index (Phi) is 3.05. The number of carbonyl (C=O) groups excluding carboxylic acids is 1. The van der Waals surface area contributed by atoms with Gasteiger partial charge in [-0.3, -0.25) is 4.98 Å². The molecule has 20 heavy (non-hydrogen) atoms. The molecule has 3 heterocycles. The first-order chi connectivity index (χ1) is 9.69. The van der Waals surface area contributed by atoms with Gasteiger partial charge in [-0.05, 0) is 18.6 Å². The number of rotatable bonds is 2. The van der Waals surface area contributed by atoms with Crippen LogP contribution in [0.3, 0.4) is 0 Å². The molecule has 0 saturated heterocycles. The number of nitrogens with one attached hydrogen (secondary N) is 1. The van der Waals surface area contributed by atoms with E-state index in [1.807, 2.05) is 0 Å². The second-order valence-electron chi connectivity index (χ2n) is 4.33. The fraction of sp³-hybridized carbons (Fsp3) is 0.333. The Morgan fingerprint density at radius 3 is 3.10 bits per heavy atom. The normalized spacial score (nSPS) is 17.2. The predicted molar refractivity (Wildman–Crippen MR) is 66.8 cm³/mol. The minimum atomic E-state index is -0.598. The minimum Gasteiger partial charge on any atom is -0.463 e. The molecule has 0 saturated carbocycles. The molecule has 2 aromatic rings. The largest absolute Gasteiger partial charge is 0.463 e. The molecule has 0 aromatic carbocycles. The molecule has 0 amide bonds. The molecule has 0 fully saturated rings. The molecule has 0 radical (unpaired) electrons. The average Bonchev–Trinajstić information content (AvgIpc) is 2.91. The molecular weight excluding hydrogens is 265 g/mol. The molecule has 1 N–H and O–H groups in total. The minimum absolute atomic E-state index is 0.0102. The summed E-state index contributed by atoms with van der Waals surface area (Å²) in [5.41, 5.74) is 0.676. The molecule has 1 aliphatic rings. The maximum atomic E-state index is 12.9. The highest BCUT2D eigenvalue weighted by molar-refractivity contribution is 5.85. The van der Waals surface area contributed by atoms with E-state index in [-0.39, 0.29) is 11.9 Å². The van der Waals surface area contributed by atoms with Crippen LogP contribution in [-0.4, -0.2) is 39.4 Å². The van der Waals surface area contributed by atoms with Crippen molar-refractivity contribution in [2.75, 3.05) is 19.0 Å². The van der Waals surface area contributed by atoms with E-state index in [4.69, 9.17) is 0 Å². The van der Waals surface area contributed by atoms with Crippen LogP contribution in [-0.2, 0) is 4.74 Å². The van der Waals surface area contributed by atoms with Crippen LogP contribution in [0.1, 0.15) is 28.8 Å². The molecular formula is C12H12FN5O2. The lowest BCUT2D eigenvalue weighted by Gasteiger charge is -2.23. The van der Waals surface area contributed by atoms with Gasteiger partial charge >= 0.3 is 5.97 Å². The van der Waals surface area contributed by atoms with Gasteiger partial charge < -0.3 is 10.1 Å². The number of methoxy groups -OCH3 is 1. The van der Waals surface area contributed by atoms with Gasteiger partial charge in [-0.1, -0.05) is 0 Å². The van der Waals surface area contributed by atoms with Gasteiger partial charge in [-0.15, -0.1) is 5.10 Å². The van der Waals surface area contributed by atoms with Crippen molar-refractivity contribution in [1.29, 1.82) is 0 Å². The second kappa shape index (κ2) is 4.87. The van der Waals surface area contributed by atoms with E-state index >= 15 is 0 Å². The number of carbonyl (C=O) groups is 1. The summed E-state index contributed by atoms with van der Waals surface area (Å²) in [6.07, 6.45) is 1.88. The summed E-state index contributed by atoms with van der Waals surface area (Å²) in [5.74, 6) is -0.520. The molecule has 0 aliphatic carbocycles. The van der Waals surface area contributed by atoms with E-state index in [9.17, 15) is 9.18 Å². The lowest BCUT2D eigenvalue weighted by atomic mass is 10.1. The van der Waals surface area contributed by atoms with Crippen LogP contribution in [0.5, 0.6) is 0 Å². The number of halogens is 1. The topological polar surface area (TPSA) is 81.9 Å². The zero-order valence-corrected chi connectivity index (χ0v) is 10.7. The van der Waals surface area contributed by atoms with E-state index in [1.54, 1.807) is 10.7 Å². The van der Waals surface area contributed by atoms with Gasteiger partial charge in [0.1, 0.15) is 5.82 Å². The van der Waals surface area contributed by atoms with E-state index in [0.717, 1.165) is 12.6 Å². The lowest BCUT2D eigenvalue weighted by Crippen LogP contribution is -2.25. The first kappa shape index (κ1) is 12.5. The quantitative estimate of drug-likeness (QED) is 0.825. The van der Waals surface area contributed by atoms with Gasteiger partial charge in [-0.25, -0.2) is 13.9 Å². The molecule has 3 rings (SSSR count). The molecule has 0 spiro atoms. The summed E-state index contributed by atoms with van der Waals surface area (Å²) in [6, 6.07) is 2.77. The van der Waals surface area contributed by atoms with Gasteiger partial charge in [0.2, 0.25) is 5.95 Å². The third kappa shape index (κ3) is 2.09. The number of ether oxygens (including phenoxy) is 1. The number of nitrogens with zero attached hydrogens (tertiary/aromatic N) is 4. The van der Waals surface area contributed by atoms with Crippen molar-refractivity contribution in [3.05, 3.63) is 35.7 Å². The third-order valence-electron chi connectivity index (χ3n) is 3.09. The summed E-state index contributed by atoms with van der Waals surface area (Å²) >= 11 is 0. The zero-order chi connectivity index (χ0) is 14.1. The van der Waals surface area contributed by atoms with Crippen LogP contribution in [0, 0.1) is 5.82 Å². The molecule has 2 aromatic heterocycles. The van der Waals surface area contributed by atoms with Gasteiger partial charge in [0.05, 0.1) is 25.0 Å². The number of anilines is 1. The van der Waals surface area contributed by atoms with Crippen LogP contribution in [0.25, 0.3) is 0 Å². The maximum Gasteiger partial charge on any atom is 0.378 e. The smallest absolute Gasteiger partial charge is 0.378 e. The lowest BCUT2D eigenvalue weighted by molar-refractivity contribution is 0.0586. The zero-order valence-electron chi connectivity index (χ0n) is 10.7. The Morgan fingerprint density at radius 1 is 1.55 bits per heavy atom. The third-order valence-corrected chi connectivity index (χ3v) is 3.09. The maximum absolute atomic E-state index is 12.9. The van der Waals surface area contributed by atoms with Crippen LogP contribution in [0.15, 0.2) is 18.3 Å². The fourth-order valence-electron chi connectivity index (χ4n) is 2.14. The summed E-state index contributed by atoms with van der Waals surface area (Å²) in [4.78, 5) is 19.6. The number of hydrogen-bond acceptors (Lipinski definition) is 6. The van der Waals surface area contributed by atoms with E-state index in [1.165, 1.54) is 13.2 Å². The van der Waals surface area contributed by atoms with Crippen LogP contribution >= 0.6 is 0 Å². The molecule has 104 valence electrons. The van der Waals surface area contributed by atoms with Crippen LogP contribution in [0.2, 0.25) is 0 Å². The van der Waals surface area contributed by atoms with Crippen LogP contribution in [0.4, 0.5) is 10.3 Å². The van der Waals surface area contributed by atoms with Crippen LogP contribution < -0.4 is 5.32 Å². The molecule has 1 aliphatic heterocycles. The summed E-state index contributed by atoms with van der Waals surface area (Å²) in [7, 11) is 1.27. The Morgan fingerprint density at radius 2 is 2.40 bits per heavy atom. The van der Waals surface area contributed by atoms with Crippen molar-refractivity contribution in [3.8, 4) is 0 Å². The molecule has 7 nitrogen and oxygen atoms in total. The molecule has 1 atom stereocenters. The first-order valence-electron chi connectivity index (χ1n) is 6.09. The van der Waals surface area contributed by atoms with Gasteiger partial charge in [0.15, 0.2) is 0 Å². The Hall–Kier alpha value is -2.51. The number of esters is 1. The summed E-state index contributed by atoms with van der Waals surface area (Å²) in [5, 5.41) is 7.19. The first-order valence-corrected chi connectivity index (χ1v) is 6.09. The van der Waals surface area contributed by atoms with Crippen molar-refractivity contribution in [2.24, 2.45) is 0 Å². The van der Waals surface area contributed by atoms with Crippen molar-refractivity contribution < 1.29 is 13.9 Å². The highest BCUT2D eigenvalue weighted by Crippen LogP contribution is 2.27.